The molecule has 5 atom stereocenters. The SMILES string of the molecule is C=CC[C@H](O)[C@H](O)[C@H](CC1CCCCC1)NC(=O)[C@H](C)CNC(=O)[C@H](Cc1ccccc1)CS(=O)(=O)C(C)(C)C. The van der Waals surface area contributed by atoms with Gasteiger partial charge in [-0.05, 0) is 51.5 Å². The maximum absolute atomic E-state index is 13.2. The zero-order valence-corrected chi connectivity index (χ0v) is 25.5. The van der Waals surface area contributed by atoms with Crippen LogP contribution in [0.15, 0.2) is 43.0 Å². The molecule has 1 fully saturated rings. The molecule has 4 N–H and O–H groups in total. The maximum Gasteiger partial charge on any atom is 0.224 e. The van der Waals surface area contributed by atoms with Crippen molar-refractivity contribution in [3.8, 4) is 0 Å². The van der Waals surface area contributed by atoms with Crippen molar-refractivity contribution in [2.45, 2.75) is 102 Å². The van der Waals surface area contributed by atoms with Crippen LogP contribution in [0.1, 0.15) is 78.2 Å². The number of hydrogen-bond donors (Lipinski definition) is 4. The Morgan fingerprint density at radius 2 is 1.70 bits per heavy atom. The molecule has 0 bridgehead atoms. The molecule has 1 aromatic carbocycles. The number of nitrogens with one attached hydrogen (secondary N) is 2. The molecular weight excluding hydrogens is 528 g/mol. The van der Waals surface area contributed by atoms with E-state index in [1.165, 1.54) is 12.5 Å². The summed E-state index contributed by atoms with van der Waals surface area (Å²) in [6.45, 7) is 10.2. The second kappa shape index (κ2) is 15.7. The third-order valence-corrected chi connectivity index (χ3v) is 10.6. The van der Waals surface area contributed by atoms with E-state index in [1.807, 2.05) is 30.3 Å². The first kappa shape index (κ1) is 34.0. The van der Waals surface area contributed by atoms with Crippen molar-refractivity contribution < 1.29 is 28.2 Å². The predicted molar refractivity (Wildman–Crippen MR) is 159 cm³/mol. The maximum atomic E-state index is 13.2. The molecule has 1 saturated carbocycles. The molecule has 1 aliphatic carbocycles. The van der Waals surface area contributed by atoms with Gasteiger partial charge < -0.3 is 20.8 Å². The Balaban J connectivity index is 2.07. The summed E-state index contributed by atoms with van der Waals surface area (Å²) in [6, 6.07) is 8.65. The van der Waals surface area contributed by atoms with Crippen LogP contribution < -0.4 is 10.6 Å². The molecular formula is C31H50N2O6S. The van der Waals surface area contributed by atoms with E-state index in [2.05, 4.69) is 17.2 Å². The summed E-state index contributed by atoms with van der Waals surface area (Å²) in [5, 5.41) is 27.0. The first-order valence-electron chi connectivity index (χ1n) is 14.6. The fourth-order valence-electron chi connectivity index (χ4n) is 5.10. The summed E-state index contributed by atoms with van der Waals surface area (Å²) in [5.74, 6) is -2.13. The molecule has 0 aromatic heterocycles. The number of amides is 2. The van der Waals surface area contributed by atoms with Crippen molar-refractivity contribution in [1.29, 1.82) is 0 Å². The fourth-order valence-corrected chi connectivity index (χ4v) is 6.40. The lowest BCUT2D eigenvalue weighted by atomic mass is 9.82. The number of sulfone groups is 1. The molecule has 2 rings (SSSR count). The van der Waals surface area contributed by atoms with Crippen LogP contribution >= 0.6 is 0 Å². The Morgan fingerprint density at radius 1 is 1.07 bits per heavy atom. The van der Waals surface area contributed by atoms with Gasteiger partial charge in [-0.3, -0.25) is 9.59 Å². The van der Waals surface area contributed by atoms with Crippen molar-refractivity contribution >= 4 is 21.7 Å². The van der Waals surface area contributed by atoms with Crippen LogP contribution in [0.5, 0.6) is 0 Å². The van der Waals surface area contributed by atoms with Crippen molar-refractivity contribution in [1.82, 2.24) is 10.6 Å². The highest BCUT2D eigenvalue weighted by Crippen LogP contribution is 2.29. The summed E-state index contributed by atoms with van der Waals surface area (Å²) < 4.78 is 24.9. The van der Waals surface area contributed by atoms with Crippen molar-refractivity contribution in [3.05, 3.63) is 48.6 Å². The minimum atomic E-state index is -3.57. The minimum absolute atomic E-state index is 0.0208. The number of aliphatic hydroxyl groups is 2. The summed E-state index contributed by atoms with van der Waals surface area (Å²) >= 11 is 0. The Kier molecular flexibility index (Phi) is 13.3. The lowest BCUT2D eigenvalue weighted by Gasteiger charge is -2.32. The van der Waals surface area contributed by atoms with Gasteiger partial charge in [0, 0.05) is 6.54 Å². The number of benzene rings is 1. The number of rotatable bonds is 15. The average Bonchev–Trinajstić information content (AvgIpc) is 2.90. The van der Waals surface area contributed by atoms with Gasteiger partial charge in [0.1, 0.15) is 6.10 Å². The van der Waals surface area contributed by atoms with Gasteiger partial charge in [0.25, 0.3) is 0 Å². The van der Waals surface area contributed by atoms with E-state index in [0.717, 1.165) is 31.2 Å². The zero-order chi connectivity index (χ0) is 29.9. The second-order valence-electron chi connectivity index (χ2n) is 12.4. The van der Waals surface area contributed by atoms with E-state index >= 15 is 0 Å². The van der Waals surface area contributed by atoms with Crippen molar-refractivity contribution in [3.63, 3.8) is 0 Å². The molecule has 0 heterocycles. The lowest BCUT2D eigenvalue weighted by Crippen LogP contribution is -2.52. The lowest BCUT2D eigenvalue weighted by molar-refractivity contribution is -0.128. The third kappa shape index (κ3) is 10.6. The molecule has 8 nitrogen and oxygen atoms in total. The molecule has 2 amide bonds. The standard InChI is InChI=1S/C31H50N2O6S/c1-6-13-27(34)28(35)26(19-24-16-11-8-12-17-24)33-29(36)22(2)20-32-30(37)25(18-23-14-9-7-10-15-23)21-40(38,39)31(3,4)5/h6-7,9-10,14-15,22,24-28,34-35H,1,8,11-13,16-21H2,2-5H3,(H,32,37)(H,33,36)/t22-,25-,26+,27+,28-/m1/s1. The molecule has 0 radical (unpaired) electrons. The molecule has 0 aliphatic heterocycles. The highest BCUT2D eigenvalue weighted by molar-refractivity contribution is 7.92. The summed E-state index contributed by atoms with van der Waals surface area (Å²) in [5.41, 5.74) is 0.857. The monoisotopic (exact) mass is 578 g/mol. The van der Waals surface area contributed by atoms with Gasteiger partial charge in [-0.15, -0.1) is 6.58 Å². The zero-order valence-electron chi connectivity index (χ0n) is 24.6. The van der Waals surface area contributed by atoms with E-state index in [1.54, 1.807) is 27.7 Å². The van der Waals surface area contributed by atoms with Crippen LogP contribution in [0.25, 0.3) is 0 Å². The van der Waals surface area contributed by atoms with E-state index in [-0.39, 0.29) is 31.0 Å². The predicted octanol–water partition coefficient (Wildman–Crippen LogP) is 3.56. The first-order chi connectivity index (χ1) is 18.7. The fraction of sp³-hybridized carbons (Fsp3) is 0.677. The number of aliphatic hydroxyl groups excluding tert-OH is 2. The normalized spacial score (nSPS) is 18.6. The summed E-state index contributed by atoms with van der Waals surface area (Å²) in [7, 11) is -3.57. The average molecular weight is 579 g/mol. The van der Waals surface area contributed by atoms with Gasteiger partial charge in [0.2, 0.25) is 11.8 Å². The van der Waals surface area contributed by atoms with Gasteiger partial charge >= 0.3 is 0 Å². The Labute approximate surface area is 240 Å². The van der Waals surface area contributed by atoms with Gasteiger partial charge in [0.05, 0.1) is 34.5 Å². The highest BCUT2D eigenvalue weighted by atomic mass is 32.2. The van der Waals surface area contributed by atoms with Crippen LogP contribution in [0.2, 0.25) is 0 Å². The van der Waals surface area contributed by atoms with Crippen molar-refractivity contribution in [2.24, 2.45) is 17.8 Å². The summed E-state index contributed by atoms with van der Waals surface area (Å²) in [6.07, 6.45) is 5.90. The van der Waals surface area contributed by atoms with E-state index in [9.17, 15) is 28.2 Å². The molecule has 40 heavy (non-hydrogen) atoms. The quantitative estimate of drug-likeness (QED) is 0.235. The van der Waals surface area contributed by atoms with Gasteiger partial charge in [-0.25, -0.2) is 8.42 Å². The Morgan fingerprint density at radius 3 is 2.27 bits per heavy atom. The van der Waals surface area contributed by atoms with Crippen LogP contribution in [-0.2, 0) is 25.8 Å². The Hall–Kier alpha value is -2.23. The molecule has 1 aliphatic rings. The summed E-state index contributed by atoms with van der Waals surface area (Å²) in [4.78, 5) is 26.4. The Bertz CT molecular complexity index is 1050. The molecule has 9 heteroatoms. The van der Waals surface area contributed by atoms with Gasteiger partial charge in [-0.1, -0.05) is 75.4 Å². The largest absolute Gasteiger partial charge is 0.390 e. The molecule has 0 spiro atoms. The second-order valence-corrected chi connectivity index (χ2v) is 15.2. The first-order valence-corrected chi connectivity index (χ1v) is 16.2. The minimum Gasteiger partial charge on any atom is -0.390 e. The number of carbonyl (C=O) groups is 2. The third-order valence-electron chi connectivity index (χ3n) is 7.93. The topological polar surface area (TPSA) is 133 Å². The van der Waals surface area contributed by atoms with Crippen LogP contribution in [0, 0.1) is 17.8 Å². The molecule has 226 valence electrons. The van der Waals surface area contributed by atoms with Crippen molar-refractivity contribution in [2.75, 3.05) is 12.3 Å². The number of carbonyl (C=O) groups excluding carboxylic acids is 2. The van der Waals surface area contributed by atoms with E-state index in [4.69, 9.17) is 0 Å². The van der Waals surface area contributed by atoms with Crippen LogP contribution in [0.3, 0.4) is 0 Å². The van der Waals surface area contributed by atoms with Gasteiger partial charge in [-0.2, -0.15) is 0 Å². The van der Waals surface area contributed by atoms with Crippen LogP contribution in [-0.4, -0.2) is 65.7 Å². The number of hydrogen-bond acceptors (Lipinski definition) is 6. The van der Waals surface area contributed by atoms with Crippen LogP contribution in [0.4, 0.5) is 0 Å². The highest BCUT2D eigenvalue weighted by Gasteiger charge is 2.35. The molecule has 0 unspecified atom stereocenters. The van der Waals surface area contributed by atoms with E-state index < -0.39 is 50.6 Å². The molecule has 1 aromatic rings. The molecule has 0 saturated heterocycles. The smallest absolute Gasteiger partial charge is 0.224 e. The van der Waals surface area contributed by atoms with Gasteiger partial charge in [0.15, 0.2) is 9.84 Å². The van der Waals surface area contributed by atoms with E-state index in [0.29, 0.717) is 12.3 Å².